The van der Waals surface area contributed by atoms with Crippen LogP contribution >= 0.6 is 11.3 Å². The molecule has 0 N–H and O–H groups in total. The summed E-state index contributed by atoms with van der Waals surface area (Å²) < 4.78 is 11.9. The summed E-state index contributed by atoms with van der Waals surface area (Å²) in [5.74, 6) is 0. The van der Waals surface area contributed by atoms with E-state index >= 15 is 0 Å². The molecule has 0 fully saturated rings. The molecule has 1 atom stereocenters. The standard InChI is InChI=1S/C12H9N3OS2/c1-18(16)12-15-14-11(17-12)9-2-3-10-7-13-5-4-8(10)6-9/h2-7H,1H3. The average Bonchev–Trinajstić information content (AvgIpc) is 2.88. The summed E-state index contributed by atoms with van der Waals surface area (Å²) in [5.41, 5.74) is 0.989. The molecule has 18 heavy (non-hydrogen) atoms. The molecule has 6 heteroatoms. The summed E-state index contributed by atoms with van der Waals surface area (Å²) in [6, 6.07) is 7.98. The molecule has 0 saturated carbocycles. The lowest BCUT2D eigenvalue weighted by atomic mass is 10.1. The van der Waals surface area contributed by atoms with Crippen LogP contribution in [0.25, 0.3) is 21.3 Å². The zero-order valence-corrected chi connectivity index (χ0v) is 11.2. The first-order valence-electron chi connectivity index (χ1n) is 5.25. The van der Waals surface area contributed by atoms with Gasteiger partial charge in [0.2, 0.25) is 0 Å². The maximum absolute atomic E-state index is 11.3. The Morgan fingerprint density at radius 2 is 2.06 bits per heavy atom. The molecular formula is C12H9N3OS2. The lowest BCUT2D eigenvalue weighted by Crippen LogP contribution is -1.95. The fraction of sp³-hybridized carbons (Fsp3) is 0.0833. The van der Waals surface area contributed by atoms with Crippen molar-refractivity contribution >= 4 is 33.3 Å². The Morgan fingerprint density at radius 1 is 1.17 bits per heavy atom. The Bertz CT molecular complexity index is 696. The first kappa shape index (κ1) is 11.6. The fourth-order valence-corrected chi connectivity index (χ4v) is 3.09. The van der Waals surface area contributed by atoms with Crippen molar-refractivity contribution in [3.63, 3.8) is 0 Å². The second-order valence-electron chi connectivity index (χ2n) is 3.76. The number of aromatic nitrogens is 3. The van der Waals surface area contributed by atoms with E-state index in [9.17, 15) is 4.55 Å². The van der Waals surface area contributed by atoms with Crippen molar-refractivity contribution in [1.82, 2.24) is 15.2 Å². The molecule has 2 aromatic heterocycles. The second kappa shape index (κ2) is 4.64. The van der Waals surface area contributed by atoms with Crippen molar-refractivity contribution in [3.8, 4) is 10.6 Å². The van der Waals surface area contributed by atoms with Crippen LogP contribution in [0.3, 0.4) is 0 Å². The zero-order chi connectivity index (χ0) is 12.5. The highest BCUT2D eigenvalue weighted by Gasteiger charge is 2.13. The Hall–Kier alpha value is -1.50. The fourth-order valence-electron chi connectivity index (χ4n) is 1.66. The monoisotopic (exact) mass is 275 g/mol. The number of hydrogen-bond acceptors (Lipinski definition) is 5. The molecule has 0 amide bonds. The molecule has 0 radical (unpaired) electrons. The van der Waals surface area contributed by atoms with Gasteiger partial charge in [-0.15, -0.1) is 5.10 Å². The van der Waals surface area contributed by atoms with Crippen LogP contribution in [-0.4, -0.2) is 26.0 Å². The van der Waals surface area contributed by atoms with Crippen molar-refractivity contribution in [3.05, 3.63) is 36.7 Å². The molecule has 1 aromatic carbocycles. The SMILES string of the molecule is C[S+]([O-])c1nnc(-c2ccc3cnccc3c2)s1. The van der Waals surface area contributed by atoms with Crippen LogP contribution < -0.4 is 0 Å². The summed E-state index contributed by atoms with van der Waals surface area (Å²) in [6.07, 6.45) is 5.20. The Kier molecular flexibility index (Phi) is 2.99. The van der Waals surface area contributed by atoms with Crippen LogP contribution in [0.15, 0.2) is 41.0 Å². The van der Waals surface area contributed by atoms with E-state index < -0.39 is 11.2 Å². The molecule has 2 heterocycles. The maximum atomic E-state index is 11.3. The minimum atomic E-state index is -1.07. The molecule has 0 aliphatic carbocycles. The molecule has 1 unspecified atom stereocenters. The Morgan fingerprint density at radius 3 is 2.83 bits per heavy atom. The van der Waals surface area contributed by atoms with Crippen LogP contribution in [0.4, 0.5) is 0 Å². The highest BCUT2D eigenvalue weighted by molar-refractivity contribution is 7.92. The van der Waals surface area contributed by atoms with Gasteiger partial charge in [0, 0.05) is 34.5 Å². The summed E-state index contributed by atoms with van der Waals surface area (Å²) in [4.78, 5) is 4.08. The number of nitrogens with zero attached hydrogens (tertiary/aromatic N) is 3. The van der Waals surface area contributed by atoms with Crippen LogP contribution in [0.5, 0.6) is 0 Å². The van der Waals surface area contributed by atoms with E-state index in [0.717, 1.165) is 21.3 Å². The number of fused-ring (bicyclic) bond motifs is 1. The van der Waals surface area contributed by atoms with Crippen molar-refractivity contribution in [1.29, 1.82) is 0 Å². The summed E-state index contributed by atoms with van der Waals surface area (Å²) in [5, 5.41) is 11.0. The predicted octanol–water partition coefficient (Wildman–Crippen LogP) is 2.49. The minimum Gasteiger partial charge on any atom is -0.610 e. The first-order chi connectivity index (χ1) is 8.74. The summed E-state index contributed by atoms with van der Waals surface area (Å²) in [6.45, 7) is 0. The average molecular weight is 275 g/mol. The largest absolute Gasteiger partial charge is 0.610 e. The van der Waals surface area contributed by atoms with Gasteiger partial charge in [0.25, 0.3) is 0 Å². The van der Waals surface area contributed by atoms with E-state index in [4.69, 9.17) is 0 Å². The van der Waals surface area contributed by atoms with Crippen LogP contribution in [0.1, 0.15) is 0 Å². The second-order valence-corrected chi connectivity index (χ2v) is 6.30. The van der Waals surface area contributed by atoms with Crippen LogP contribution in [-0.2, 0) is 11.2 Å². The van der Waals surface area contributed by atoms with Crippen LogP contribution in [0, 0.1) is 0 Å². The van der Waals surface area contributed by atoms with Crippen molar-refractivity contribution in [2.24, 2.45) is 0 Å². The van der Waals surface area contributed by atoms with Gasteiger partial charge in [0.15, 0.2) is 5.01 Å². The van der Waals surface area contributed by atoms with E-state index in [1.54, 1.807) is 12.5 Å². The molecule has 0 aliphatic rings. The van der Waals surface area contributed by atoms with Gasteiger partial charge in [-0.25, -0.2) is 0 Å². The lowest BCUT2D eigenvalue weighted by Gasteiger charge is -1.99. The van der Waals surface area contributed by atoms with Gasteiger partial charge in [0.05, 0.1) is 0 Å². The lowest BCUT2D eigenvalue weighted by molar-refractivity contribution is 0.599. The number of pyridine rings is 1. The van der Waals surface area contributed by atoms with Gasteiger partial charge in [-0.05, 0) is 28.9 Å². The molecule has 90 valence electrons. The molecule has 0 saturated heterocycles. The highest BCUT2D eigenvalue weighted by atomic mass is 32.2. The molecule has 4 nitrogen and oxygen atoms in total. The third-order valence-electron chi connectivity index (χ3n) is 2.54. The topological polar surface area (TPSA) is 61.7 Å². The normalized spacial score (nSPS) is 12.8. The van der Waals surface area contributed by atoms with E-state index in [0.29, 0.717) is 4.34 Å². The Balaban J connectivity index is 2.07. The quantitative estimate of drug-likeness (QED) is 0.674. The minimum absolute atomic E-state index is 0.555. The van der Waals surface area contributed by atoms with Crippen molar-refractivity contribution in [2.45, 2.75) is 4.34 Å². The third kappa shape index (κ3) is 2.10. The van der Waals surface area contributed by atoms with Crippen molar-refractivity contribution in [2.75, 3.05) is 6.26 Å². The molecule has 0 bridgehead atoms. The predicted molar refractivity (Wildman–Crippen MR) is 73.0 cm³/mol. The van der Waals surface area contributed by atoms with E-state index in [-0.39, 0.29) is 0 Å². The molecule has 3 rings (SSSR count). The van der Waals surface area contributed by atoms with Gasteiger partial charge < -0.3 is 4.55 Å². The van der Waals surface area contributed by atoms with E-state index in [1.807, 2.05) is 30.5 Å². The summed E-state index contributed by atoms with van der Waals surface area (Å²) >= 11 is 0.291. The smallest absolute Gasteiger partial charge is 0.321 e. The van der Waals surface area contributed by atoms with Crippen LogP contribution in [0.2, 0.25) is 0 Å². The Labute approximate surface area is 111 Å². The molecule has 0 spiro atoms. The van der Waals surface area contributed by atoms with Gasteiger partial charge in [-0.1, -0.05) is 17.2 Å². The number of hydrogen-bond donors (Lipinski definition) is 0. The van der Waals surface area contributed by atoms with Gasteiger partial charge in [0.1, 0.15) is 6.26 Å². The molecule has 3 aromatic rings. The van der Waals surface area contributed by atoms with Gasteiger partial charge in [-0.2, -0.15) is 0 Å². The third-order valence-corrected chi connectivity index (χ3v) is 4.83. The number of benzene rings is 1. The van der Waals surface area contributed by atoms with E-state index in [2.05, 4.69) is 15.2 Å². The molecular weight excluding hydrogens is 266 g/mol. The maximum Gasteiger partial charge on any atom is 0.321 e. The highest BCUT2D eigenvalue weighted by Crippen LogP contribution is 2.28. The zero-order valence-electron chi connectivity index (χ0n) is 9.53. The van der Waals surface area contributed by atoms with Gasteiger partial charge >= 0.3 is 4.34 Å². The summed E-state index contributed by atoms with van der Waals surface area (Å²) in [7, 11) is 0. The van der Waals surface area contributed by atoms with E-state index in [1.165, 1.54) is 11.3 Å². The first-order valence-corrected chi connectivity index (χ1v) is 7.62. The molecule has 0 aliphatic heterocycles. The number of rotatable bonds is 2. The van der Waals surface area contributed by atoms with Crippen molar-refractivity contribution < 1.29 is 4.55 Å². The van der Waals surface area contributed by atoms with Gasteiger partial charge in [-0.3, -0.25) is 4.98 Å².